The number of thiophene rings is 1. The van der Waals surface area contributed by atoms with Crippen LogP contribution >= 0.6 is 11.3 Å². The van der Waals surface area contributed by atoms with Crippen molar-refractivity contribution in [3.05, 3.63) is 100 Å². The second-order valence-electron chi connectivity index (χ2n) is 6.98. The molecule has 4 rings (SSSR count). The molecule has 1 saturated heterocycles. The molecule has 1 aromatic heterocycles. The van der Waals surface area contributed by atoms with Crippen LogP contribution < -0.4 is 0 Å². The Bertz CT molecular complexity index is 859. The molecular weight excluding hydrogens is 364 g/mol. The van der Waals surface area contributed by atoms with Crippen LogP contribution in [0.2, 0.25) is 0 Å². The van der Waals surface area contributed by atoms with Gasteiger partial charge in [0.25, 0.3) is 0 Å². The number of piperazine rings is 1. The minimum Gasteiger partial charge on any atom is -0.337 e. The van der Waals surface area contributed by atoms with Crippen molar-refractivity contribution < 1.29 is 4.79 Å². The zero-order valence-electron chi connectivity index (χ0n) is 15.8. The lowest BCUT2D eigenvalue weighted by molar-refractivity contribution is -0.127. The Morgan fingerprint density at radius 1 is 0.857 bits per heavy atom. The molecule has 0 bridgehead atoms. The lowest BCUT2D eigenvalue weighted by Gasteiger charge is -2.39. The molecule has 0 atom stereocenters. The zero-order valence-corrected chi connectivity index (χ0v) is 16.6. The van der Waals surface area contributed by atoms with Crippen molar-refractivity contribution in [1.82, 2.24) is 9.80 Å². The minimum absolute atomic E-state index is 0.0989. The summed E-state index contributed by atoms with van der Waals surface area (Å²) in [6.45, 7) is 3.24. The molecule has 0 N–H and O–H groups in total. The average Bonchev–Trinajstić information content (AvgIpc) is 3.28. The minimum atomic E-state index is 0.0989. The van der Waals surface area contributed by atoms with Gasteiger partial charge in [-0.05, 0) is 39.6 Å². The number of carbonyl (C=O) groups excluding carboxylic acids is 1. The van der Waals surface area contributed by atoms with Gasteiger partial charge < -0.3 is 4.90 Å². The summed E-state index contributed by atoms with van der Waals surface area (Å²) in [6, 6.07) is 23.5. The first-order valence-corrected chi connectivity index (χ1v) is 10.6. The van der Waals surface area contributed by atoms with Gasteiger partial charge in [-0.2, -0.15) is 11.3 Å². The zero-order chi connectivity index (χ0) is 19.2. The first-order chi connectivity index (χ1) is 13.8. The van der Waals surface area contributed by atoms with Gasteiger partial charge >= 0.3 is 0 Å². The number of nitrogens with zero attached hydrogens (tertiary/aromatic N) is 2. The highest BCUT2D eigenvalue weighted by molar-refractivity contribution is 7.08. The first-order valence-electron chi connectivity index (χ1n) is 9.64. The number of hydrogen-bond donors (Lipinski definition) is 0. The molecule has 0 unspecified atom stereocenters. The Balaban J connectivity index is 1.45. The highest BCUT2D eigenvalue weighted by Crippen LogP contribution is 2.29. The van der Waals surface area contributed by atoms with Gasteiger partial charge in [0.05, 0.1) is 6.04 Å². The van der Waals surface area contributed by atoms with E-state index in [2.05, 4.69) is 65.6 Å². The third-order valence-corrected chi connectivity index (χ3v) is 5.88. The fraction of sp³-hybridized carbons (Fsp3) is 0.208. The highest BCUT2D eigenvalue weighted by atomic mass is 32.1. The summed E-state index contributed by atoms with van der Waals surface area (Å²) in [5, 5.41) is 4.07. The van der Waals surface area contributed by atoms with Crippen LogP contribution in [0, 0.1) is 0 Å². The largest absolute Gasteiger partial charge is 0.337 e. The smallest absolute Gasteiger partial charge is 0.246 e. The molecule has 1 fully saturated rings. The van der Waals surface area contributed by atoms with Crippen molar-refractivity contribution in [3.63, 3.8) is 0 Å². The molecule has 2 heterocycles. The average molecular weight is 389 g/mol. The summed E-state index contributed by atoms with van der Waals surface area (Å²) in [5.41, 5.74) is 3.68. The number of amides is 1. The molecule has 0 saturated carbocycles. The standard InChI is InChI=1S/C24H24N2OS/c27-23(12-11-20-13-18-28-19-20)25-14-16-26(17-15-25)24(21-7-3-1-4-8-21)22-9-5-2-6-10-22/h1-13,18-19,24H,14-17H2/b12-11+. The van der Waals surface area contributed by atoms with Crippen LogP contribution in [0.3, 0.4) is 0 Å². The maximum absolute atomic E-state index is 12.5. The van der Waals surface area contributed by atoms with Gasteiger partial charge in [-0.1, -0.05) is 60.7 Å². The second-order valence-corrected chi connectivity index (χ2v) is 7.76. The van der Waals surface area contributed by atoms with E-state index in [0.29, 0.717) is 0 Å². The number of hydrogen-bond acceptors (Lipinski definition) is 3. The van der Waals surface area contributed by atoms with Gasteiger partial charge in [-0.15, -0.1) is 0 Å². The first kappa shape index (κ1) is 18.7. The van der Waals surface area contributed by atoms with Crippen molar-refractivity contribution in [2.24, 2.45) is 0 Å². The van der Waals surface area contributed by atoms with Crippen LogP contribution in [0.1, 0.15) is 22.7 Å². The summed E-state index contributed by atoms with van der Waals surface area (Å²) in [4.78, 5) is 17.0. The van der Waals surface area contributed by atoms with Crippen molar-refractivity contribution in [1.29, 1.82) is 0 Å². The molecule has 1 aliphatic heterocycles. The number of rotatable bonds is 5. The normalized spacial score (nSPS) is 15.4. The fourth-order valence-electron chi connectivity index (χ4n) is 3.73. The molecule has 28 heavy (non-hydrogen) atoms. The predicted octanol–water partition coefficient (Wildman–Crippen LogP) is 4.70. The highest BCUT2D eigenvalue weighted by Gasteiger charge is 2.27. The number of benzene rings is 2. The summed E-state index contributed by atoms with van der Waals surface area (Å²) in [7, 11) is 0. The Morgan fingerprint density at radius 3 is 2.00 bits per heavy atom. The predicted molar refractivity (Wildman–Crippen MR) is 116 cm³/mol. The Morgan fingerprint density at radius 2 is 1.46 bits per heavy atom. The van der Waals surface area contributed by atoms with Gasteiger partial charge in [-0.3, -0.25) is 9.69 Å². The maximum atomic E-state index is 12.5. The molecule has 142 valence electrons. The van der Waals surface area contributed by atoms with Crippen molar-refractivity contribution >= 4 is 23.3 Å². The van der Waals surface area contributed by atoms with E-state index in [1.807, 2.05) is 27.8 Å². The monoisotopic (exact) mass is 388 g/mol. The summed E-state index contributed by atoms with van der Waals surface area (Å²) in [6.07, 6.45) is 3.60. The van der Waals surface area contributed by atoms with E-state index < -0.39 is 0 Å². The quantitative estimate of drug-likeness (QED) is 0.592. The molecule has 0 spiro atoms. The Hall–Kier alpha value is -2.69. The molecule has 3 aromatic rings. The van der Waals surface area contributed by atoms with Crippen LogP contribution in [0.4, 0.5) is 0 Å². The van der Waals surface area contributed by atoms with Crippen LogP contribution in [0.15, 0.2) is 83.6 Å². The van der Waals surface area contributed by atoms with E-state index in [-0.39, 0.29) is 11.9 Å². The Labute approximate surface area is 170 Å². The lowest BCUT2D eigenvalue weighted by Crippen LogP contribution is -2.49. The molecule has 1 amide bonds. The van der Waals surface area contributed by atoms with Crippen molar-refractivity contribution in [2.45, 2.75) is 6.04 Å². The third-order valence-electron chi connectivity index (χ3n) is 5.18. The number of carbonyl (C=O) groups is 1. The SMILES string of the molecule is O=C(/C=C/c1ccsc1)N1CCN(C(c2ccccc2)c2ccccc2)CC1. The van der Waals surface area contributed by atoms with Crippen LogP contribution in [0.5, 0.6) is 0 Å². The second kappa shape index (κ2) is 9.00. The van der Waals surface area contributed by atoms with E-state index in [1.54, 1.807) is 17.4 Å². The van der Waals surface area contributed by atoms with Gasteiger partial charge in [0.1, 0.15) is 0 Å². The van der Waals surface area contributed by atoms with Crippen LogP contribution in [-0.2, 0) is 4.79 Å². The van der Waals surface area contributed by atoms with E-state index >= 15 is 0 Å². The molecular formula is C24H24N2OS. The van der Waals surface area contributed by atoms with Crippen molar-refractivity contribution in [3.8, 4) is 0 Å². The Kier molecular flexibility index (Phi) is 6.00. The molecule has 1 aliphatic rings. The molecule has 0 aliphatic carbocycles. The fourth-order valence-corrected chi connectivity index (χ4v) is 4.36. The molecule has 2 aromatic carbocycles. The topological polar surface area (TPSA) is 23.6 Å². The van der Waals surface area contributed by atoms with Crippen LogP contribution in [0.25, 0.3) is 6.08 Å². The van der Waals surface area contributed by atoms with E-state index in [9.17, 15) is 4.79 Å². The summed E-state index contributed by atoms with van der Waals surface area (Å²) >= 11 is 1.64. The summed E-state index contributed by atoms with van der Waals surface area (Å²) < 4.78 is 0. The molecule has 0 radical (unpaired) electrons. The van der Waals surface area contributed by atoms with E-state index in [0.717, 1.165) is 31.7 Å². The third kappa shape index (κ3) is 4.41. The maximum Gasteiger partial charge on any atom is 0.246 e. The van der Waals surface area contributed by atoms with E-state index in [1.165, 1.54) is 11.1 Å². The van der Waals surface area contributed by atoms with Crippen molar-refractivity contribution in [2.75, 3.05) is 26.2 Å². The van der Waals surface area contributed by atoms with Gasteiger partial charge in [-0.25, -0.2) is 0 Å². The molecule has 3 nitrogen and oxygen atoms in total. The molecule has 4 heteroatoms. The van der Waals surface area contributed by atoms with Gasteiger partial charge in [0.15, 0.2) is 0 Å². The van der Waals surface area contributed by atoms with Crippen LogP contribution in [-0.4, -0.2) is 41.9 Å². The summed E-state index contributed by atoms with van der Waals surface area (Å²) in [5.74, 6) is 0.0989. The lowest BCUT2D eigenvalue weighted by atomic mass is 9.96. The van der Waals surface area contributed by atoms with Gasteiger partial charge in [0.2, 0.25) is 5.91 Å². The van der Waals surface area contributed by atoms with E-state index in [4.69, 9.17) is 0 Å². The van der Waals surface area contributed by atoms with Gasteiger partial charge in [0, 0.05) is 32.3 Å².